The van der Waals surface area contributed by atoms with Crippen molar-refractivity contribution >= 4 is 11.9 Å². The van der Waals surface area contributed by atoms with Crippen LogP contribution in [-0.4, -0.2) is 57.6 Å². The fourth-order valence-electron chi connectivity index (χ4n) is 1.39. The number of nitrogens with zero attached hydrogens (tertiary/aromatic N) is 1. The normalized spacial score (nSPS) is 27.0. The molecule has 18 heavy (non-hydrogen) atoms. The molecule has 7 heteroatoms. The summed E-state index contributed by atoms with van der Waals surface area (Å²) in [5.41, 5.74) is -0.678. The van der Waals surface area contributed by atoms with Crippen LogP contribution in [-0.2, 0) is 19.2 Å². The van der Waals surface area contributed by atoms with Crippen LogP contribution in [0, 0.1) is 0 Å². The highest BCUT2D eigenvalue weighted by atomic mass is 16.7. The van der Waals surface area contributed by atoms with Gasteiger partial charge >= 0.3 is 5.97 Å². The number of aliphatic hydroxyl groups excluding tert-OH is 2. The smallest absolute Gasteiger partial charge is 0.331 e. The third-order valence-corrected chi connectivity index (χ3v) is 2.32. The third-order valence-electron chi connectivity index (χ3n) is 2.32. The Kier molecular flexibility index (Phi) is 4.31. The van der Waals surface area contributed by atoms with Crippen LogP contribution in [0.2, 0.25) is 0 Å². The summed E-state index contributed by atoms with van der Waals surface area (Å²) in [4.78, 5) is 28.3. The van der Waals surface area contributed by atoms with E-state index in [0.29, 0.717) is 0 Å². The summed E-state index contributed by atoms with van der Waals surface area (Å²) in [6.45, 7) is 6.29. The molecular weight excluding hydrogens is 242 g/mol. The summed E-state index contributed by atoms with van der Waals surface area (Å²) in [6.07, 6.45) is -2.86. The number of amides is 1. The maximum absolute atomic E-state index is 11.8. The summed E-state index contributed by atoms with van der Waals surface area (Å²) in [5, 5.41) is 19.4. The minimum Gasteiger partial charge on any atom is -0.458 e. The van der Waals surface area contributed by atoms with Crippen LogP contribution in [0.25, 0.3) is 0 Å². The number of aliphatic hydroxyl groups is 2. The topological polar surface area (TPSA) is 96.3 Å². The summed E-state index contributed by atoms with van der Waals surface area (Å²) in [6, 6.07) is -0.987. The molecule has 104 valence electrons. The molecule has 1 unspecified atom stereocenters. The van der Waals surface area contributed by atoms with E-state index < -0.39 is 35.7 Å². The lowest BCUT2D eigenvalue weighted by molar-refractivity contribution is -0.248. The lowest BCUT2D eigenvalue weighted by Crippen LogP contribution is -2.57. The SMILES string of the molecule is CC(C(=O)OC(C)(C)C)N1OC[C@@H](O)[C@@H](O)C1=O. The van der Waals surface area contributed by atoms with Gasteiger partial charge in [0.05, 0.1) is 0 Å². The van der Waals surface area contributed by atoms with E-state index >= 15 is 0 Å². The largest absolute Gasteiger partial charge is 0.458 e. The molecule has 0 bridgehead atoms. The molecule has 1 saturated heterocycles. The maximum Gasteiger partial charge on any atom is 0.331 e. The molecule has 0 aromatic rings. The van der Waals surface area contributed by atoms with Crippen molar-refractivity contribution in [3.63, 3.8) is 0 Å². The van der Waals surface area contributed by atoms with Crippen molar-refractivity contribution in [3.05, 3.63) is 0 Å². The monoisotopic (exact) mass is 261 g/mol. The first-order valence-electron chi connectivity index (χ1n) is 5.68. The van der Waals surface area contributed by atoms with Gasteiger partial charge in [0.25, 0.3) is 5.91 Å². The number of carbonyl (C=O) groups is 2. The van der Waals surface area contributed by atoms with Gasteiger partial charge in [-0.25, -0.2) is 9.86 Å². The highest BCUT2D eigenvalue weighted by molar-refractivity contribution is 5.86. The van der Waals surface area contributed by atoms with Gasteiger partial charge in [0.2, 0.25) is 0 Å². The van der Waals surface area contributed by atoms with Gasteiger partial charge in [0, 0.05) is 0 Å². The van der Waals surface area contributed by atoms with Gasteiger partial charge in [-0.1, -0.05) is 0 Å². The van der Waals surface area contributed by atoms with Crippen LogP contribution in [0.4, 0.5) is 0 Å². The predicted molar refractivity (Wildman–Crippen MR) is 60.1 cm³/mol. The Morgan fingerprint density at radius 3 is 2.56 bits per heavy atom. The minimum atomic E-state index is -1.58. The number of rotatable bonds is 2. The Morgan fingerprint density at radius 1 is 1.50 bits per heavy atom. The number of hydroxylamine groups is 2. The Bertz CT molecular complexity index is 337. The molecule has 1 rings (SSSR count). The van der Waals surface area contributed by atoms with Crippen molar-refractivity contribution in [1.82, 2.24) is 5.06 Å². The average Bonchev–Trinajstić information content (AvgIpc) is 2.23. The van der Waals surface area contributed by atoms with Crippen molar-refractivity contribution in [2.75, 3.05) is 6.61 Å². The minimum absolute atomic E-state index is 0.250. The molecular formula is C11H19NO6. The fourth-order valence-corrected chi connectivity index (χ4v) is 1.39. The van der Waals surface area contributed by atoms with E-state index in [1.54, 1.807) is 20.8 Å². The second-order valence-corrected chi connectivity index (χ2v) is 5.18. The molecule has 0 aromatic carbocycles. The molecule has 7 nitrogen and oxygen atoms in total. The van der Waals surface area contributed by atoms with Crippen LogP contribution >= 0.6 is 0 Å². The number of hydrogen-bond donors (Lipinski definition) is 2. The second-order valence-electron chi connectivity index (χ2n) is 5.18. The van der Waals surface area contributed by atoms with Crippen molar-refractivity contribution in [2.24, 2.45) is 0 Å². The molecule has 0 spiro atoms. The van der Waals surface area contributed by atoms with Crippen molar-refractivity contribution in [2.45, 2.75) is 51.5 Å². The molecule has 1 amide bonds. The molecule has 1 heterocycles. The highest BCUT2D eigenvalue weighted by Crippen LogP contribution is 2.16. The van der Waals surface area contributed by atoms with Crippen LogP contribution in [0.1, 0.15) is 27.7 Å². The first-order chi connectivity index (χ1) is 8.13. The van der Waals surface area contributed by atoms with Crippen LogP contribution < -0.4 is 0 Å². The van der Waals surface area contributed by atoms with E-state index in [9.17, 15) is 19.8 Å². The van der Waals surface area contributed by atoms with E-state index in [4.69, 9.17) is 9.57 Å². The lowest BCUT2D eigenvalue weighted by atomic mass is 10.1. The summed E-state index contributed by atoms with van der Waals surface area (Å²) < 4.78 is 5.11. The third kappa shape index (κ3) is 3.41. The van der Waals surface area contributed by atoms with E-state index in [1.807, 2.05) is 0 Å². The molecule has 2 N–H and O–H groups in total. The summed E-state index contributed by atoms with van der Waals surface area (Å²) in [5.74, 6) is -1.49. The molecule has 0 radical (unpaired) electrons. The summed E-state index contributed by atoms with van der Waals surface area (Å²) in [7, 11) is 0. The van der Waals surface area contributed by atoms with E-state index in [-0.39, 0.29) is 6.61 Å². The molecule has 1 aliphatic heterocycles. The van der Waals surface area contributed by atoms with E-state index in [2.05, 4.69) is 0 Å². The maximum atomic E-state index is 11.8. The van der Waals surface area contributed by atoms with E-state index in [1.165, 1.54) is 6.92 Å². The molecule has 3 atom stereocenters. The molecule has 1 aliphatic rings. The predicted octanol–water partition coefficient (Wildman–Crippen LogP) is -0.788. The molecule has 1 fully saturated rings. The standard InChI is InChI=1S/C11H19NO6/c1-6(10(16)18-11(2,3)4)12-9(15)8(14)7(13)5-17-12/h6-8,13-14H,5H2,1-4H3/t6?,7-,8-/m1/s1. The quantitative estimate of drug-likeness (QED) is 0.632. The van der Waals surface area contributed by atoms with Crippen LogP contribution in [0.15, 0.2) is 0 Å². The fraction of sp³-hybridized carbons (Fsp3) is 0.818. The Labute approximate surface area is 105 Å². The first-order valence-corrected chi connectivity index (χ1v) is 5.68. The van der Waals surface area contributed by atoms with Crippen molar-refractivity contribution < 1.29 is 29.4 Å². The second kappa shape index (κ2) is 5.21. The Hall–Kier alpha value is -1.18. The Balaban J connectivity index is 2.70. The number of hydrogen-bond acceptors (Lipinski definition) is 6. The molecule has 0 saturated carbocycles. The van der Waals surface area contributed by atoms with Gasteiger partial charge in [-0.3, -0.25) is 9.63 Å². The van der Waals surface area contributed by atoms with Gasteiger partial charge in [-0.05, 0) is 27.7 Å². The zero-order chi connectivity index (χ0) is 14.1. The van der Waals surface area contributed by atoms with Crippen LogP contribution in [0.3, 0.4) is 0 Å². The zero-order valence-electron chi connectivity index (χ0n) is 10.9. The van der Waals surface area contributed by atoms with Gasteiger partial charge < -0.3 is 14.9 Å². The molecule has 0 aliphatic carbocycles. The van der Waals surface area contributed by atoms with Crippen molar-refractivity contribution in [1.29, 1.82) is 0 Å². The van der Waals surface area contributed by atoms with Crippen LogP contribution in [0.5, 0.6) is 0 Å². The zero-order valence-corrected chi connectivity index (χ0v) is 10.9. The Morgan fingerprint density at radius 2 is 2.06 bits per heavy atom. The number of esters is 1. The van der Waals surface area contributed by atoms with Gasteiger partial charge in [-0.15, -0.1) is 0 Å². The number of carbonyl (C=O) groups excluding carboxylic acids is 2. The summed E-state index contributed by atoms with van der Waals surface area (Å²) >= 11 is 0. The van der Waals surface area contributed by atoms with Crippen molar-refractivity contribution in [3.8, 4) is 0 Å². The van der Waals surface area contributed by atoms with E-state index in [0.717, 1.165) is 5.06 Å². The lowest BCUT2D eigenvalue weighted by Gasteiger charge is -2.35. The highest BCUT2D eigenvalue weighted by Gasteiger charge is 2.40. The molecule has 0 aromatic heterocycles. The average molecular weight is 261 g/mol. The van der Waals surface area contributed by atoms with Gasteiger partial charge in [-0.2, -0.15) is 0 Å². The van der Waals surface area contributed by atoms with Gasteiger partial charge in [0.15, 0.2) is 12.1 Å². The first kappa shape index (κ1) is 14.9. The number of ether oxygens (including phenoxy) is 1. The van der Waals surface area contributed by atoms with Gasteiger partial charge in [0.1, 0.15) is 18.3 Å².